The molecule has 5 heteroatoms. The second-order valence-corrected chi connectivity index (χ2v) is 3.52. The third-order valence-corrected chi connectivity index (χ3v) is 2.49. The fourth-order valence-corrected chi connectivity index (χ4v) is 1.70. The van der Waals surface area contributed by atoms with Gasteiger partial charge in [-0.15, -0.1) is 0 Å². The van der Waals surface area contributed by atoms with E-state index in [1.165, 1.54) is 0 Å². The van der Waals surface area contributed by atoms with Gasteiger partial charge < -0.3 is 9.14 Å². The fourth-order valence-electron chi connectivity index (χ4n) is 1.70. The van der Waals surface area contributed by atoms with Crippen LogP contribution in [-0.4, -0.2) is 26.5 Å². The number of pyridine rings is 1. The van der Waals surface area contributed by atoms with E-state index in [0.717, 1.165) is 22.8 Å². The number of imidazole rings is 1. The van der Waals surface area contributed by atoms with E-state index < -0.39 is 0 Å². The lowest BCUT2D eigenvalue weighted by atomic mass is 10.3. The maximum absolute atomic E-state index is 5.26. The molecule has 3 aromatic heterocycles. The van der Waals surface area contributed by atoms with Crippen LogP contribution in [0.25, 0.3) is 17.0 Å². The third-order valence-electron chi connectivity index (χ3n) is 2.49. The molecule has 0 aliphatic rings. The Hall–Kier alpha value is -2.43. The third kappa shape index (κ3) is 1.61. The highest BCUT2D eigenvalue weighted by atomic mass is 16.5. The van der Waals surface area contributed by atoms with E-state index in [1.807, 2.05) is 28.9 Å². The molecule has 0 radical (unpaired) electrons. The Morgan fingerprint density at radius 2 is 2.18 bits per heavy atom. The Labute approximate surface area is 97.7 Å². The molecule has 3 rings (SSSR count). The van der Waals surface area contributed by atoms with Gasteiger partial charge in [-0.3, -0.25) is 9.97 Å². The van der Waals surface area contributed by atoms with Crippen molar-refractivity contribution in [1.82, 2.24) is 19.4 Å². The van der Waals surface area contributed by atoms with Crippen molar-refractivity contribution in [2.45, 2.75) is 0 Å². The van der Waals surface area contributed by atoms with Crippen LogP contribution in [0.5, 0.6) is 5.75 Å². The van der Waals surface area contributed by atoms with Gasteiger partial charge in [0.2, 0.25) is 0 Å². The van der Waals surface area contributed by atoms with Crippen molar-refractivity contribution in [3.8, 4) is 17.1 Å². The number of fused-ring (bicyclic) bond motifs is 1. The normalized spacial score (nSPS) is 10.6. The molecule has 17 heavy (non-hydrogen) atoms. The van der Waals surface area contributed by atoms with Crippen molar-refractivity contribution < 1.29 is 4.74 Å². The Morgan fingerprint density at radius 3 is 2.94 bits per heavy atom. The van der Waals surface area contributed by atoms with Crippen molar-refractivity contribution in [2.75, 3.05) is 7.11 Å². The minimum absolute atomic E-state index is 0.739. The van der Waals surface area contributed by atoms with Crippen LogP contribution in [0.2, 0.25) is 0 Å². The first-order valence-corrected chi connectivity index (χ1v) is 5.16. The van der Waals surface area contributed by atoms with E-state index in [9.17, 15) is 0 Å². The van der Waals surface area contributed by atoms with Crippen molar-refractivity contribution in [3.63, 3.8) is 0 Å². The van der Waals surface area contributed by atoms with Crippen molar-refractivity contribution in [2.24, 2.45) is 0 Å². The second-order valence-electron chi connectivity index (χ2n) is 3.52. The zero-order valence-corrected chi connectivity index (χ0v) is 9.24. The summed E-state index contributed by atoms with van der Waals surface area (Å²) < 4.78 is 7.16. The molecule has 0 atom stereocenters. The maximum atomic E-state index is 5.26. The Balaban J connectivity index is 2.20. The van der Waals surface area contributed by atoms with Gasteiger partial charge in [0.25, 0.3) is 0 Å². The number of hydrogen-bond acceptors (Lipinski definition) is 4. The van der Waals surface area contributed by atoms with Crippen LogP contribution in [0.15, 0.2) is 43.1 Å². The number of ether oxygens (including phenoxy) is 1. The average molecular weight is 226 g/mol. The molecule has 84 valence electrons. The lowest BCUT2D eigenvalue weighted by Crippen LogP contribution is -1.88. The van der Waals surface area contributed by atoms with Gasteiger partial charge in [-0.1, -0.05) is 0 Å². The van der Waals surface area contributed by atoms with Crippen LogP contribution in [0.3, 0.4) is 0 Å². The van der Waals surface area contributed by atoms with Crippen LogP contribution in [0, 0.1) is 0 Å². The quantitative estimate of drug-likeness (QED) is 0.668. The SMILES string of the molecule is COc1cccn2cc(-c3cnccn3)nc12. The molecule has 5 nitrogen and oxygen atoms in total. The van der Waals surface area contributed by atoms with Crippen molar-refractivity contribution >= 4 is 5.65 Å². The number of hydrogen-bond donors (Lipinski definition) is 0. The monoisotopic (exact) mass is 226 g/mol. The first-order valence-electron chi connectivity index (χ1n) is 5.16. The summed E-state index contributed by atoms with van der Waals surface area (Å²) in [7, 11) is 1.63. The molecule has 3 aromatic rings. The highest BCUT2D eigenvalue weighted by Crippen LogP contribution is 2.22. The Kier molecular flexibility index (Phi) is 2.22. The molecule has 0 amide bonds. The second kappa shape index (κ2) is 3.86. The molecular formula is C12H10N4O. The van der Waals surface area contributed by atoms with E-state index in [0.29, 0.717) is 0 Å². The van der Waals surface area contributed by atoms with Crippen molar-refractivity contribution in [3.05, 3.63) is 43.1 Å². The molecule has 0 spiro atoms. The summed E-state index contributed by atoms with van der Waals surface area (Å²) in [5.74, 6) is 0.739. The molecule has 3 heterocycles. The Bertz CT molecular complexity index is 648. The van der Waals surface area contributed by atoms with E-state index >= 15 is 0 Å². The molecule has 0 bridgehead atoms. The highest BCUT2D eigenvalue weighted by molar-refractivity contribution is 5.62. The predicted molar refractivity (Wildman–Crippen MR) is 62.8 cm³/mol. The van der Waals surface area contributed by atoms with E-state index in [4.69, 9.17) is 4.74 Å². The molecule has 0 aliphatic carbocycles. The van der Waals surface area contributed by atoms with Gasteiger partial charge >= 0.3 is 0 Å². The summed E-state index contributed by atoms with van der Waals surface area (Å²) >= 11 is 0. The molecule has 0 fully saturated rings. The maximum Gasteiger partial charge on any atom is 0.180 e. The fraction of sp³-hybridized carbons (Fsp3) is 0.0833. The molecule has 0 saturated heterocycles. The summed E-state index contributed by atoms with van der Waals surface area (Å²) in [5, 5.41) is 0. The number of methoxy groups -OCH3 is 1. The average Bonchev–Trinajstić information content (AvgIpc) is 2.83. The predicted octanol–water partition coefficient (Wildman–Crippen LogP) is 1.80. The molecule has 0 N–H and O–H groups in total. The van der Waals surface area contributed by atoms with Gasteiger partial charge in [0.15, 0.2) is 11.4 Å². The summed E-state index contributed by atoms with van der Waals surface area (Å²) in [5.41, 5.74) is 2.30. The first-order chi connectivity index (χ1) is 8.38. The van der Waals surface area contributed by atoms with Crippen LogP contribution in [0.1, 0.15) is 0 Å². The lowest BCUT2D eigenvalue weighted by molar-refractivity contribution is 0.417. The zero-order valence-electron chi connectivity index (χ0n) is 9.24. The van der Waals surface area contributed by atoms with Gasteiger partial charge in [-0.05, 0) is 12.1 Å². The van der Waals surface area contributed by atoms with Gasteiger partial charge in [0, 0.05) is 24.8 Å². The van der Waals surface area contributed by atoms with Crippen LogP contribution >= 0.6 is 0 Å². The molecule has 0 saturated carbocycles. The number of rotatable bonds is 2. The van der Waals surface area contributed by atoms with Gasteiger partial charge in [-0.25, -0.2) is 4.98 Å². The van der Waals surface area contributed by atoms with Gasteiger partial charge in [-0.2, -0.15) is 0 Å². The molecule has 0 aromatic carbocycles. The number of aromatic nitrogens is 4. The standard InChI is InChI=1S/C12H10N4O/c1-17-11-3-2-6-16-8-10(15-12(11)16)9-7-13-4-5-14-9/h2-8H,1H3. The zero-order chi connectivity index (χ0) is 11.7. The topological polar surface area (TPSA) is 52.3 Å². The van der Waals surface area contributed by atoms with E-state index in [2.05, 4.69) is 15.0 Å². The summed E-state index contributed by atoms with van der Waals surface area (Å²) in [6.45, 7) is 0. The first kappa shape index (κ1) is 9.77. The van der Waals surface area contributed by atoms with E-state index in [1.54, 1.807) is 25.7 Å². The van der Waals surface area contributed by atoms with E-state index in [-0.39, 0.29) is 0 Å². The molecular weight excluding hydrogens is 216 g/mol. The minimum atomic E-state index is 0.739. The van der Waals surface area contributed by atoms with Gasteiger partial charge in [0.05, 0.1) is 13.3 Å². The van der Waals surface area contributed by atoms with Crippen LogP contribution in [-0.2, 0) is 0 Å². The largest absolute Gasteiger partial charge is 0.493 e. The minimum Gasteiger partial charge on any atom is -0.493 e. The molecule has 0 aliphatic heterocycles. The highest BCUT2D eigenvalue weighted by Gasteiger charge is 2.08. The van der Waals surface area contributed by atoms with Crippen LogP contribution in [0.4, 0.5) is 0 Å². The van der Waals surface area contributed by atoms with Gasteiger partial charge in [0.1, 0.15) is 11.4 Å². The Morgan fingerprint density at radius 1 is 1.24 bits per heavy atom. The number of nitrogens with zero attached hydrogens (tertiary/aromatic N) is 4. The summed E-state index contributed by atoms with van der Waals surface area (Å²) in [4.78, 5) is 12.7. The smallest absolute Gasteiger partial charge is 0.180 e. The lowest BCUT2D eigenvalue weighted by Gasteiger charge is -1.99. The van der Waals surface area contributed by atoms with Crippen LogP contribution < -0.4 is 4.74 Å². The van der Waals surface area contributed by atoms with Crippen molar-refractivity contribution in [1.29, 1.82) is 0 Å². The molecule has 0 unspecified atom stereocenters. The summed E-state index contributed by atoms with van der Waals surface area (Å²) in [6, 6.07) is 3.79. The summed E-state index contributed by atoms with van der Waals surface area (Å²) in [6.07, 6.45) is 8.80.